The Morgan fingerprint density at radius 1 is 1.06 bits per heavy atom. The summed E-state index contributed by atoms with van der Waals surface area (Å²) in [6.07, 6.45) is 1.26. The quantitative estimate of drug-likeness (QED) is 0.303. The lowest BCUT2D eigenvalue weighted by molar-refractivity contribution is -0.153. The van der Waals surface area contributed by atoms with Gasteiger partial charge in [0.15, 0.2) is 5.54 Å². The van der Waals surface area contributed by atoms with E-state index in [-0.39, 0.29) is 26.8 Å². The van der Waals surface area contributed by atoms with E-state index in [1.165, 1.54) is 0 Å². The molecule has 1 aliphatic heterocycles. The Hall–Kier alpha value is -2.10. The highest BCUT2D eigenvalue weighted by atomic mass is 16.7. The van der Waals surface area contributed by atoms with E-state index in [9.17, 15) is 14.7 Å². The van der Waals surface area contributed by atoms with Gasteiger partial charge in [0.05, 0.1) is 24.4 Å². The van der Waals surface area contributed by atoms with Gasteiger partial charge in [-0.1, -0.05) is 43.2 Å². The number of carbonyl (C=O) groups excluding carboxylic acids is 2. The summed E-state index contributed by atoms with van der Waals surface area (Å²) in [5.74, 6) is -0.685. The number of hydrogen-bond donors (Lipinski definition) is 2. The monoisotopic (exact) mass is 449 g/mol. The first-order valence-corrected chi connectivity index (χ1v) is 11.2. The highest BCUT2D eigenvalue weighted by Gasteiger charge is 2.50. The Morgan fingerprint density at radius 3 is 2.25 bits per heavy atom. The molecule has 0 spiro atoms. The van der Waals surface area contributed by atoms with Crippen LogP contribution >= 0.6 is 0 Å². The number of aliphatic hydroxyl groups is 1. The van der Waals surface area contributed by atoms with Crippen LogP contribution in [0.25, 0.3) is 0 Å². The minimum absolute atomic E-state index is 0.0545. The number of unbranched alkanes of at least 4 members (excludes halogenated alkanes) is 1. The fraction of sp³-hybridized carbons (Fsp3) is 0.652. The molecule has 0 saturated carbocycles. The van der Waals surface area contributed by atoms with E-state index in [0.29, 0.717) is 19.2 Å². The first-order valence-electron chi connectivity index (χ1n) is 11.2. The third-order valence-corrected chi connectivity index (χ3v) is 6.09. The maximum absolute atomic E-state index is 12.6. The van der Waals surface area contributed by atoms with Gasteiger partial charge in [-0.2, -0.15) is 0 Å². The van der Waals surface area contributed by atoms with Crippen molar-refractivity contribution in [1.29, 1.82) is 0 Å². The van der Waals surface area contributed by atoms with Gasteiger partial charge in [-0.3, -0.25) is 0 Å². The van der Waals surface area contributed by atoms with Crippen molar-refractivity contribution in [2.45, 2.75) is 83.5 Å². The molecular formula is C23H36BNO7. The summed E-state index contributed by atoms with van der Waals surface area (Å²) in [7, 11) is -0.338. The van der Waals surface area contributed by atoms with Crippen molar-refractivity contribution in [2.75, 3.05) is 13.2 Å². The van der Waals surface area contributed by atoms with Crippen LogP contribution < -0.4 is 5.32 Å². The predicted octanol–water partition coefficient (Wildman–Crippen LogP) is 3.47. The van der Waals surface area contributed by atoms with E-state index in [4.69, 9.17) is 18.8 Å². The fourth-order valence-electron chi connectivity index (χ4n) is 3.44. The third-order valence-electron chi connectivity index (χ3n) is 6.09. The molecule has 32 heavy (non-hydrogen) atoms. The van der Waals surface area contributed by atoms with Gasteiger partial charge < -0.3 is 29.2 Å². The zero-order valence-electron chi connectivity index (χ0n) is 19.8. The maximum Gasteiger partial charge on any atom is 0.457 e. The molecule has 2 N–H and O–H groups in total. The highest BCUT2D eigenvalue weighted by Crippen LogP contribution is 2.38. The van der Waals surface area contributed by atoms with Crippen LogP contribution in [0.2, 0.25) is 6.32 Å². The molecule has 9 heteroatoms. The number of hydrogen-bond acceptors (Lipinski definition) is 7. The maximum atomic E-state index is 12.6. The molecule has 0 aromatic heterocycles. The van der Waals surface area contributed by atoms with E-state index in [2.05, 4.69) is 5.32 Å². The Labute approximate surface area is 191 Å². The Kier molecular flexibility index (Phi) is 9.12. The number of amides is 1. The predicted molar refractivity (Wildman–Crippen MR) is 121 cm³/mol. The minimum atomic E-state index is -1.57. The Bertz CT molecular complexity index is 740. The van der Waals surface area contributed by atoms with Crippen molar-refractivity contribution in [3.05, 3.63) is 35.9 Å². The zero-order valence-corrected chi connectivity index (χ0v) is 19.8. The average molecular weight is 449 g/mol. The Balaban J connectivity index is 1.92. The van der Waals surface area contributed by atoms with Gasteiger partial charge in [0.2, 0.25) is 0 Å². The highest BCUT2D eigenvalue weighted by molar-refractivity contribution is 6.45. The van der Waals surface area contributed by atoms with Gasteiger partial charge in [-0.15, -0.1) is 0 Å². The molecule has 1 fully saturated rings. The summed E-state index contributed by atoms with van der Waals surface area (Å²) in [4.78, 5) is 25.0. The lowest BCUT2D eigenvalue weighted by atomic mass is 9.81. The van der Waals surface area contributed by atoms with E-state index < -0.39 is 35.4 Å². The van der Waals surface area contributed by atoms with Gasteiger partial charge >= 0.3 is 19.2 Å². The number of nitrogens with one attached hydrogen (secondary N) is 1. The largest absolute Gasteiger partial charge is 0.464 e. The van der Waals surface area contributed by atoms with Crippen LogP contribution in [0.5, 0.6) is 0 Å². The second-order valence-electron chi connectivity index (χ2n) is 9.08. The van der Waals surface area contributed by atoms with Crippen molar-refractivity contribution in [1.82, 2.24) is 5.32 Å². The van der Waals surface area contributed by atoms with Crippen LogP contribution in [-0.2, 0) is 30.2 Å². The first-order chi connectivity index (χ1) is 15.0. The summed E-state index contributed by atoms with van der Waals surface area (Å²) in [5, 5.41) is 12.6. The van der Waals surface area contributed by atoms with Crippen LogP contribution in [-0.4, -0.2) is 54.2 Å². The van der Waals surface area contributed by atoms with Gasteiger partial charge in [-0.25, -0.2) is 9.59 Å². The first kappa shape index (κ1) is 26.2. The van der Waals surface area contributed by atoms with Crippen LogP contribution in [0.3, 0.4) is 0 Å². The van der Waals surface area contributed by atoms with Crippen LogP contribution in [0, 0.1) is 0 Å². The van der Waals surface area contributed by atoms with Crippen molar-refractivity contribution in [3.8, 4) is 0 Å². The number of esters is 1. The molecule has 0 bridgehead atoms. The molecule has 0 radical (unpaired) electrons. The van der Waals surface area contributed by atoms with E-state index in [1.54, 1.807) is 6.92 Å². The smallest absolute Gasteiger partial charge is 0.457 e. The normalized spacial score (nSPS) is 18.6. The summed E-state index contributed by atoms with van der Waals surface area (Å²) in [5.41, 5.74) is -1.56. The van der Waals surface area contributed by atoms with Gasteiger partial charge in [0.1, 0.15) is 6.61 Å². The van der Waals surface area contributed by atoms with Crippen molar-refractivity contribution >= 4 is 19.2 Å². The molecule has 0 aliphatic carbocycles. The van der Waals surface area contributed by atoms with Crippen LogP contribution in [0.4, 0.5) is 4.79 Å². The molecule has 1 unspecified atom stereocenters. The number of carbonyl (C=O) groups is 2. The molecular weight excluding hydrogens is 413 g/mol. The van der Waals surface area contributed by atoms with Crippen molar-refractivity contribution < 1.29 is 33.5 Å². The molecule has 178 valence electrons. The molecule has 1 aliphatic rings. The molecule has 1 atom stereocenters. The van der Waals surface area contributed by atoms with Crippen molar-refractivity contribution in [3.63, 3.8) is 0 Å². The Morgan fingerprint density at radius 2 is 1.69 bits per heavy atom. The summed E-state index contributed by atoms with van der Waals surface area (Å²) in [6.45, 7) is 9.25. The fourth-order valence-corrected chi connectivity index (χ4v) is 3.44. The lowest BCUT2D eigenvalue weighted by Gasteiger charge is -2.32. The van der Waals surface area contributed by atoms with Crippen LogP contribution in [0.15, 0.2) is 30.3 Å². The van der Waals surface area contributed by atoms with Gasteiger partial charge in [0, 0.05) is 0 Å². The molecule has 8 nitrogen and oxygen atoms in total. The summed E-state index contributed by atoms with van der Waals surface area (Å²) >= 11 is 0. The average Bonchev–Trinajstić information content (AvgIpc) is 2.95. The van der Waals surface area contributed by atoms with E-state index in [0.717, 1.165) is 5.56 Å². The van der Waals surface area contributed by atoms with Crippen LogP contribution in [0.1, 0.15) is 59.4 Å². The number of rotatable bonds is 11. The molecule has 1 heterocycles. The standard InChI is InChI=1S/C23H36BNO7/c1-6-29-19(27)23(17-26,25-20(28)30-16-18-12-8-7-9-13-18)14-10-11-15-24-31-21(2,3)22(4,5)32-24/h7-9,12-13,26H,6,10-11,14-17H2,1-5H3,(H,25,28). The molecule has 1 amide bonds. The number of alkyl carbamates (subject to hydrolysis) is 1. The SMILES string of the molecule is CCOC(=O)C(CO)(CCCCB1OC(C)(C)C(C)(C)O1)NC(=O)OCc1ccccc1. The van der Waals surface area contributed by atoms with Gasteiger partial charge in [-0.05, 0) is 52.9 Å². The molecule has 2 rings (SSSR count). The summed E-state index contributed by atoms with van der Waals surface area (Å²) < 4.78 is 22.4. The van der Waals surface area contributed by atoms with Crippen molar-refractivity contribution in [2.24, 2.45) is 0 Å². The molecule has 1 aromatic rings. The molecule has 1 aromatic carbocycles. The summed E-state index contributed by atoms with van der Waals surface area (Å²) in [6, 6.07) is 9.20. The van der Waals surface area contributed by atoms with Gasteiger partial charge in [0.25, 0.3) is 0 Å². The number of benzene rings is 1. The second-order valence-corrected chi connectivity index (χ2v) is 9.08. The number of ether oxygens (including phenoxy) is 2. The lowest BCUT2D eigenvalue weighted by Crippen LogP contribution is -2.58. The third kappa shape index (κ3) is 6.70. The minimum Gasteiger partial charge on any atom is -0.464 e. The zero-order chi connectivity index (χ0) is 23.8. The van der Waals surface area contributed by atoms with E-state index >= 15 is 0 Å². The second kappa shape index (κ2) is 11.2. The molecule has 1 saturated heterocycles. The number of aliphatic hydroxyl groups excluding tert-OH is 1. The topological polar surface area (TPSA) is 103 Å². The van der Waals surface area contributed by atoms with E-state index in [1.807, 2.05) is 58.0 Å².